The lowest BCUT2D eigenvalue weighted by atomic mass is 9.90. The molecule has 106 valence electrons. The van der Waals surface area contributed by atoms with Gasteiger partial charge in [-0.25, -0.2) is 8.78 Å². The van der Waals surface area contributed by atoms with Crippen LogP contribution < -0.4 is 10.1 Å². The van der Waals surface area contributed by atoms with Crippen molar-refractivity contribution < 1.29 is 18.3 Å². The van der Waals surface area contributed by atoms with Crippen molar-refractivity contribution in [2.45, 2.75) is 25.5 Å². The first-order valence-corrected chi connectivity index (χ1v) is 6.38. The maximum absolute atomic E-state index is 14.1. The summed E-state index contributed by atoms with van der Waals surface area (Å²) >= 11 is 0. The maximum Gasteiger partial charge on any atom is 0.134 e. The van der Waals surface area contributed by atoms with E-state index in [-0.39, 0.29) is 23.3 Å². The van der Waals surface area contributed by atoms with Crippen LogP contribution in [0.4, 0.5) is 8.78 Å². The van der Waals surface area contributed by atoms with Crippen molar-refractivity contribution in [3.05, 3.63) is 29.3 Å². The van der Waals surface area contributed by atoms with Gasteiger partial charge in [0.25, 0.3) is 0 Å². The molecule has 1 aromatic carbocycles. The molecule has 2 rings (SSSR count). The number of hydrogen-bond donors (Lipinski definition) is 1. The summed E-state index contributed by atoms with van der Waals surface area (Å²) in [5.74, 6) is -0.923. The van der Waals surface area contributed by atoms with E-state index in [1.165, 1.54) is 19.2 Å². The highest BCUT2D eigenvalue weighted by atomic mass is 19.1. The van der Waals surface area contributed by atoms with E-state index in [2.05, 4.69) is 5.32 Å². The summed E-state index contributed by atoms with van der Waals surface area (Å²) in [4.78, 5) is 0. The minimum absolute atomic E-state index is 0.0611. The van der Waals surface area contributed by atoms with E-state index in [4.69, 9.17) is 9.47 Å². The fourth-order valence-electron chi connectivity index (χ4n) is 2.67. The monoisotopic (exact) mass is 271 g/mol. The number of ether oxygens (including phenoxy) is 2. The molecule has 1 aliphatic rings. The Morgan fingerprint density at radius 3 is 2.42 bits per heavy atom. The number of hydrogen-bond acceptors (Lipinski definition) is 3. The average Bonchev–Trinajstić information content (AvgIpc) is 2.79. The van der Waals surface area contributed by atoms with E-state index >= 15 is 0 Å². The molecule has 1 aliphatic heterocycles. The van der Waals surface area contributed by atoms with Crippen LogP contribution in [0.5, 0.6) is 5.75 Å². The Morgan fingerprint density at radius 1 is 1.37 bits per heavy atom. The SMILES string of the molecule is CNC(c1c(F)cc(OC)cc1F)C1COC(C)C1. The van der Waals surface area contributed by atoms with Crippen LogP contribution in [-0.4, -0.2) is 26.9 Å². The largest absolute Gasteiger partial charge is 0.497 e. The van der Waals surface area contributed by atoms with Crippen LogP contribution in [0.25, 0.3) is 0 Å². The second-order valence-electron chi connectivity index (χ2n) is 4.91. The maximum atomic E-state index is 14.1. The lowest BCUT2D eigenvalue weighted by Gasteiger charge is -2.23. The molecule has 1 aromatic rings. The lowest BCUT2D eigenvalue weighted by Crippen LogP contribution is -2.27. The Kier molecular flexibility index (Phi) is 4.37. The predicted octanol–water partition coefficient (Wildman–Crippen LogP) is 2.66. The zero-order chi connectivity index (χ0) is 14.0. The highest BCUT2D eigenvalue weighted by molar-refractivity contribution is 5.33. The Labute approximate surface area is 111 Å². The van der Waals surface area contributed by atoms with E-state index in [9.17, 15) is 8.78 Å². The van der Waals surface area contributed by atoms with Gasteiger partial charge < -0.3 is 14.8 Å². The van der Waals surface area contributed by atoms with E-state index in [0.717, 1.165) is 6.42 Å². The Balaban J connectivity index is 2.33. The summed E-state index contributed by atoms with van der Waals surface area (Å²) in [6.07, 6.45) is 0.918. The van der Waals surface area contributed by atoms with Gasteiger partial charge in [0, 0.05) is 29.7 Å². The number of nitrogens with one attached hydrogen (secondary N) is 1. The standard InChI is InChI=1S/C14H19F2NO2/c1-8-4-9(7-19-8)14(17-2)13-11(15)5-10(18-3)6-12(13)16/h5-6,8-9,14,17H,4,7H2,1-3H3. The summed E-state index contributed by atoms with van der Waals surface area (Å²) in [5.41, 5.74) is 0.0611. The minimum Gasteiger partial charge on any atom is -0.497 e. The van der Waals surface area contributed by atoms with Crippen molar-refractivity contribution in [1.29, 1.82) is 0 Å². The molecule has 0 amide bonds. The molecule has 0 bridgehead atoms. The molecule has 1 saturated heterocycles. The van der Waals surface area contributed by atoms with Crippen LogP contribution in [0.1, 0.15) is 24.9 Å². The van der Waals surface area contributed by atoms with Gasteiger partial charge in [0.05, 0.1) is 19.8 Å². The van der Waals surface area contributed by atoms with Crippen molar-refractivity contribution >= 4 is 0 Å². The molecule has 0 spiro atoms. The molecule has 5 heteroatoms. The first kappa shape index (κ1) is 14.2. The average molecular weight is 271 g/mol. The molecule has 0 radical (unpaired) electrons. The topological polar surface area (TPSA) is 30.5 Å². The van der Waals surface area contributed by atoms with Crippen LogP contribution in [0, 0.1) is 17.6 Å². The summed E-state index contributed by atoms with van der Waals surface area (Å²) in [6.45, 7) is 2.48. The molecule has 1 N–H and O–H groups in total. The second-order valence-corrected chi connectivity index (χ2v) is 4.91. The molecule has 0 aromatic heterocycles. The third-order valence-corrected chi connectivity index (χ3v) is 3.61. The van der Waals surface area contributed by atoms with E-state index < -0.39 is 17.7 Å². The third kappa shape index (κ3) is 2.87. The van der Waals surface area contributed by atoms with Gasteiger partial charge in [-0.1, -0.05) is 0 Å². The van der Waals surface area contributed by atoms with Crippen molar-refractivity contribution in [3.63, 3.8) is 0 Å². The third-order valence-electron chi connectivity index (χ3n) is 3.61. The van der Waals surface area contributed by atoms with Gasteiger partial charge in [0.1, 0.15) is 17.4 Å². The fourth-order valence-corrected chi connectivity index (χ4v) is 2.67. The number of halogens is 2. The summed E-state index contributed by atoms with van der Waals surface area (Å²) in [7, 11) is 3.09. The summed E-state index contributed by atoms with van der Waals surface area (Å²) in [6, 6.07) is 2.03. The van der Waals surface area contributed by atoms with Gasteiger partial charge in [-0.2, -0.15) is 0 Å². The molecule has 1 fully saturated rings. The number of methoxy groups -OCH3 is 1. The minimum atomic E-state index is -0.587. The molecule has 3 atom stereocenters. The Hall–Kier alpha value is -1.20. The van der Waals surface area contributed by atoms with Crippen LogP contribution in [0.2, 0.25) is 0 Å². The molecule has 3 nitrogen and oxygen atoms in total. The molecule has 0 saturated carbocycles. The first-order valence-electron chi connectivity index (χ1n) is 6.38. The van der Waals surface area contributed by atoms with Crippen LogP contribution in [-0.2, 0) is 4.74 Å². The highest BCUT2D eigenvalue weighted by Crippen LogP contribution is 2.35. The fraction of sp³-hybridized carbons (Fsp3) is 0.571. The Morgan fingerprint density at radius 2 is 2.00 bits per heavy atom. The molecule has 19 heavy (non-hydrogen) atoms. The van der Waals surface area contributed by atoms with Crippen molar-refractivity contribution in [2.75, 3.05) is 20.8 Å². The smallest absolute Gasteiger partial charge is 0.134 e. The van der Waals surface area contributed by atoms with Crippen LogP contribution in [0.3, 0.4) is 0 Å². The van der Waals surface area contributed by atoms with Crippen molar-refractivity contribution in [2.24, 2.45) is 5.92 Å². The molecule has 3 unspecified atom stereocenters. The van der Waals surface area contributed by atoms with Crippen LogP contribution in [0.15, 0.2) is 12.1 Å². The summed E-state index contributed by atoms with van der Waals surface area (Å²) in [5, 5.41) is 3.00. The zero-order valence-corrected chi connectivity index (χ0v) is 11.4. The summed E-state index contributed by atoms with van der Waals surface area (Å²) < 4.78 is 38.5. The molecular weight excluding hydrogens is 252 g/mol. The first-order chi connectivity index (χ1) is 9.06. The van der Waals surface area contributed by atoms with Gasteiger partial charge in [0.15, 0.2) is 0 Å². The van der Waals surface area contributed by atoms with Gasteiger partial charge in [0.2, 0.25) is 0 Å². The molecule has 0 aliphatic carbocycles. The normalized spacial score (nSPS) is 24.5. The van der Waals surface area contributed by atoms with E-state index in [1.807, 2.05) is 6.92 Å². The second kappa shape index (κ2) is 5.84. The van der Waals surface area contributed by atoms with Crippen molar-refractivity contribution in [3.8, 4) is 5.75 Å². The van der Waals surface area contributed by atoms with Crippen molar-refractivity contribution in [1.82, 2.24) is 5.32 Å². The predicted molar refractivity (Wildman–Crippen MR) is 68.2 cm³/mol. The zero-order valence-electron chi connectivity index (χ0n) is 11.4. The lowest BCUT2D eigenvalue weighted by molar-refractivity contribution is 0.117. The van der Waals surface area contributed by atoms with E-state index in [1.54, 1.807) is 7.05 Å². The van der Waals surface area contributed by atoms with E-state index in [0.29, 0.717) is 6.61 Å². The van der Waals surface area contributed by atoms with Gasteiger partial charge in [-0.15, -0.1) is 0 Å². The van der Waals surface area contributed by atoms with Crippen LogP contribution >= 0.6 is 0 Å². The number of rotatable bonds is 4. The Bertz CT molecular complexity index is 430. The molecule has 1 heterocycles. The number of benzene rings is 1. The quantitative estimate of drug-likeness (QED) is 0.913. The van der Waals surface area contributed by atoms with Gasteiger partial charge in [-0.05, 0) is 20.4 Å². The van der Waals surface area contributed by atoms with Gasteiger partial charge >= 0.3 is 0 Å². The molecular formula is C14H19F2NO2. The van der Waals surface area contributed by atoms with Gasteiger partial charge in [-0.3, -0.25) is 0 Å². The highest BCUT2D eigenvalue weighted by Gasteiger charge is 2.33.